The molecule has 0 amide bonds. The zero-order chi connectivity index (χ0) is 55.2. The topological polar surface area (TPSA) is 48.5 Å². The van der Waals surface area contributed by atoms with Crippen LogP contribution in [0.4, 0.5) is 0 Å². The molecule has 0 N–H and O–H groups in total. The molecule has 63 heavy (non-hydrogen) atoms. The van der Waals surface area contributed by atoms with E-state index >= 15 is 0 Å². The van der Waals surface area contributed by atoms with Crippen molar-refractivity contribution in [1.82, 2.24) is 24.1 Å². The first kappa shape index (κ1) is 22.4. The lowest BCUT2D eigenvalue weighted by Crippen LogP contribution is -2.25. The molecule has 0 bridgehead atoms. The Morgan fingerprint density at radius 3 is 1.29 bits per heavy atom. The van der Waals surface area contributed by atoms with Crippen molar-refractivity contribution < 1.29 is 21.9 Å². The van der Waals surface area contributed by atoms with Gasteiger partial charge in [0, 0.05) is 27.1 Å². The van der Waals surface area contributed by atoms with E-state index in [9.17, 15) is 5.48 Å². The third-order valence-electron chi connectivity index (χ3n) is 12.5. The molecule has 9 aromatic carbocycles. The lowest BCUT2D eigenvalue weighted by molar-refractivity contribution is 0.794. The van der Waals surface area contributed by atoms with Crippen LogP contribution in [0.2, 0.25) is 0 Å². The van der Waals surface area contributed by atoms with Crippen LogP contribution in [0.1, 0.15) is 44.2 Å². The van der Waals surface area contributed by atoms with Crippen LogP contribution in [0.5, 0.6) is 0 Å². The van der Waals surface area contributed by atoms with Crippen molar-refractivity contribution in [1.29, 1.82) is 0 Å². The third-order valence-corrected chi connectivity index (χ3v) is 12.5. The summed E-state index contributed by atoms with van der Waals surface area (Å²) in [4.78, 5) is 14.8. The Hall–Kier alpha value is -8.41. The maximum Gasteiger partial charge on any atom is 0.240 e. The fourth-order valence-electron chi connectivity index (χ4n) is 10.1. The zero-order valence-corrected chi connectivity index (χ0v) is 32.7. The average Bonchev–Trinajstić information content (AvgIpc) is 3.72. The van der Waals surface area contributed by atoms with Gasteiger partial charge < -0.3 is 0 Å². The van der Waals surface area contributed by atoms with Crippen LogP contribution in [-0.2, 0) is 5.41 Å². The number of hydrogen-bond acceptors (Lipinski definition) is 3. The average molecular weight is 818 g/mol. The number of aromatic nitrogens is 5. The molecule has 292 valence electrons. The van der Waals surface area contributed by atoms with Crippen molar-refractivity contribution in [2.75, 3.05) is 0 Å². The Morgan fingerprint density at radius 1 is 0.365 bits per heavy atom. The zero-order valence-electron chi connectivity index (χ0n) is 48.7. The second kappa shape index (κ2) is 12.8. The van der Waals surface area contributed by atoms with E-state index in [0.29, 0.717) is 11.1 Å². The van der Waals surface area contributed by atoms with E-state index in [1.807, 2.05) is 48.5 Å². The van der Waals surface area contributed by atoms with Gasteiger partial charge >= 0.3 is 0 Å². The monoisotopic (exact) mass is 817 g/mol. The maximum atomic E-state index is 9.32. The summed E-state index contributed by atoms with van der Waals surface area (Å²) in [5.41, 5.74) is 8.71. The molecular formula is C58H35N5. The second-order valence-corrected chi connectivity index (χ2v) is 15.5. The molecule has 0 unspecified atom stereocenters. The number of rotatable bonds is 4. The van der Waals surface area contributed by atoms with Crippen molar-refractivity contribution in [2.45, 2.75) is 5.41 Å². The maximum absolute atomic E-state index is 9.32. The lowest BCUT2D eigenvalue weighted by atomic mass is 9.70. The molecule has 0 saturated carbocycles. The fourth-order valence-corrected chi connectivity index (χ4v) is 10.1. The molecule has 14 rings (SSSR count). The third kappa shape index (κ3) is 4.57. The minimum absolute atomic E-state index is 0.140. The van der Waals surface area contributed by atoms with Crippen molar-refractivity contribution >= 4 is 43.6 Å². The first-order chi connectivity index (χ1) is 37.9. The van der Waals surface area contributed by atoms with Gasteiger partial charge in [-0.05, 0) is 85.9 Å². The van der Waals surface area contributed by atoms with Crippen molar-refractivity contribution in [3.05, 3.63) is 234 Å². The molecule has 5 heteroatoms. The van der Waals surface area contributed by atoms with E-state index in [0.717, 1.165) is 59.2 Å². The summed E-state index contributed by atoms with van der Waals surface area (Å²) in [5.74, 6) is -1.07. The van der Waals surface area contributed by atoms with Crippen molar-refractivity contribution in [2.24, 2.45) is 0 Å². The molecule has 0 fully saturated rings. The summed E-state index contributed by atoms with van der Waals surface area (Å²) in [6, 6.07) is 28.3. The molecule has 12 aromatic rings. The van der Waals surface area contributed by atoms with Gasteiger partial charge in [0.1, 0.15) is 0 Å². The van der Waals surface area contributed by atoms with Crippen LogP contribution in [0.15, 0.2) is 212 Å². The van der Waals surface area contributed by atoms with Crippen LogP contribution in [0.3, 0.4) is 0 Å². The summed E-state index contributed by atoms with van der Waals surface area (Å²) in [6.45, 7) is 0. The smallest absolute Gasteiger partial charge is 0.240 e. The summed E-state index contributed by atoms with van der Waals surface area (Å²) in [6.07, 6.45) is 0. The minimum atomic E-state index is -0.697. The van der Waals surface area contributed by atoms with E-state index in [1.54, 1.807) is 12.1 Å². The summed E-state index contributed by atoms with van der Waals surface area (Å²) in [7, 11) is 0. The van der Waals surface area contributed by atoms with E-state index in [-0.39, 0.29) is 49.4 Å². The van der Waals surface area contributed by atoms with Gasteiger partial charge in [0.05, 0.1) is 49.4 Å². The van der Waals surface area contributed by atoms with Gasteiger partial charge in [0.25, 0.3) is 0 Å². The van der Waals surface area contributed by atoms with E-state index in [1.165, 1.54) is 0 Å². The minimum Gasteiger partial charge on any atom is -0.278 e. The SMILES string of the molecule is [2H]c1c([2H])c([2H])c2c(c1[2H])c1c([2H])c([2H])c([2H])c([2H])c1n2-c1nc(-c2cccc(-c3cccc4c3-c3ccccc3C43c4ccccc4-c4ccccc43)c2)nc(-n2c3c([2H])c([2H])c([2H])c([2H])c3c3c([2H])c([2H])c([2H])c([2H])c32)n1. The number of hydrogen-bond donors (Lipinski definition) is 0. The predicted octanol–water partition coefficient (Wildman–Crippen LogP) is 13.7. The van der Waals surface area contributed by atoms with Crippen LogP contribution in [-0.4, -0.2) is 24.1 Å². The van der Waals surface area contributed by atoms with E-state index in [2.05, 4.69) is 54.6 Å². The molecule has 3 aromatic heterocycles. The summed E-state index contributed by atoms with van der Waals surface area (Å²) < 4.78 is 146. The summed E-state index contributed by atoms with van der Waals surface area (Å²) in [5, 5.41) is -1.05. The highest BCUT2D eigenvalue weighted by molar-refractivity contribution is 6.10. The van der Waals surface area contributed by atoms with Gasteiger partial charge in [-0.2, -0.15) is 15.0 Å². The van der Waals surface area contributed by atoms with Gasteiger partial charge in [0.15, 0.2) is 5.82 Å². The summed E-state index contributed by atoms with van der Waals surface area (Å²) >= 11 is 0. The van der Waals surface area contributed by atoms with Crippen LogP contribution < -0.4 is 0 Å². The second-order valence-electron chi connectivity index (χ2n) is 15.5. The van der Waals surface area contributed by atoms with Crippen molar-refractivity contribution in [3.8, 4) is 56.7 Å². The Bertz CT molecular complexity index is 4460. The molecule has 3 heterocycles. The fraction of sp³-hybridized carbons (Fsp3) is 0.0172. The molecule has 0 aliphatic heterocycles. The standard InChI is InChI=1S/C58H35N5/c1-8-27-46-39(19-1)40-20-2-9-28-47(40)58(46)48-29-10-3-25-45(48)54-38(26-16-30-49(54)58)36-17-15-18-37(35-36)55-59-56(62-50-31-11-4-21-41(50)42-22-5-12-32-51(42)62)61-57(60-55)63-52-33-13-6-23-43(52)44-24-7-14-34-53(44)63/h1-35H/i4D,5D,6D,7D,11D,12D,13D,14D,21D,22D,23D,24D,31D,32D,33D,34D. The normalized spacial score (nSPS) is 16.8. The number of nitrogens with zero attached hydrogens (tertiary/aromatic N) is 5. The van der Waals surface area contributed by atoms with Gasteiger partial charge in [-0.3, -0.25) is 9.13 Å². The molecule has 0 radical (unpaired) electrons. The Morgan fingerprint density at radius 2 is 0.762 bits per heavy atom. The lowest BCUT2D eigenvalue weighted by Gasteiger charge is -2.30. The molecule has 1 spiro atoms. The number of para-hydroxylation sites is 4. The molecule has 5 nitrogen and oxygen atoms in total. The number of benzene rings is 9. The van der Waals surface area contributed by atoms with Crippen molar-refractivity contribution in [3.63, 3.8) is 0 Å². The van der Waals surface area contributed by atoms with Crippen LogP contribution >= 0.6 is 0 Å². The van der Waals surface area contributed by atoms with Crippen LogP contribution in [0.25, 0.3) is 100 Å². The molecule has 2 aliphatic rings. The first-order valence-electron chi connectivity index (χ1n) is 28.2. The Balaban J connectivity index is 1.10. The highest BCUT2D eigenvalue weighted by Gasteiger charge is 2.52. The van der Waals surface area contributed by atoms with Gasteiger partial charge in [-0.1, -0.05) is 182 Å². The molecular weight excluding hydrogens is 767 g/mol. The van der Waals surface area contributed by atoms with Gasteiger partial charge in [-0.15, -0.1) is 0 Å². The quantitative estimate of drug-likeness (QED) is 0.178. The molecule has 0 saturated heterocycles. The van der Waals surface area contributed by atoms with Gasteiger partial charge in [-0.25, -0.2) is 0 Å². The Labute approximate surface area is 385 Å². The molecule has 2 aliphatic carbocycles. The van der Waals surface area contributed by atoms with E-state index in [4.69, 9.17) is 31.4 Å². The first-order valence-corrected chi connectivity index (χ1v) is 20.2. The van der Waals surface area contributed by atoms with E-state index < -0.39 is 114 Å². The highest BCUT2D eigenvalue weighted by atomic mass is 15.3. The largest absolute Gasteiger partial charge is 0.278 e. The number of fused-ring (bicyclic) bond motifs is 16. The highest BCUT2D eigenvalue weighted by Crippen LogP contribution is 2.64. The van der Waals surface area contributed by atoms with Gasteiger partial charge in [0.2, 0.25) is 11.9 Å². The Kier molecular flexibility index (Phi) is 4.56. The van der Waals surface area contributed by atoms with Crippen LogP contribution in [0, 0.1) is 0 Å². The predicted molar refractivity (Wildman–Crippen MR) is 256 cm³/mol. The molecule has 0 atom stereocenters.